The molecule has 1 aliphatic heterocycles. The van der Waals surface area contributed by atoms with Gasteiger partial charge in [-0.25, -0.2) is 0 Å². The molecule has 0 amide bonds. The lowest BCUT2D eigenvalue weighted by Gasteiger charge is -2.39. The number of rotatable bonds is 3. The molecule has 1 aliphatic rings. The Bertz CT molecular complexity index is 410. The molecule has 0 radical (unpaired) electrons. The van der Waals surface area contributed by atoms with Crippen LogP contribution in [0.4, 0.5) is 5.69 Å². The summed E-state index contributed by atoms with van der Waals surface area (Å²) in [5.74, 6) is 0.722. The van der Waals surface area contributed by atoms with Crippen LogP contribution in [0.2, 0.25) is 0 Å². The zero-order valence-electron chi connectivity index (χ0n) is 10.9. The first-order chi connectivity index (χ1) is 9.02. The molecule has 19 heavy (non-hydrogen) atoms. The molecule has 0 bridgehead atoms. The number of anilines is 1. The van der Waals surface area contributed by atoms with Crippen LogP contribution in [0.25, 0.3) is 0 Å². The lowest BCUT2D eigenvalue weighted by molar-refractivity contribution is -0.209. The first kappa shape index (κ1) is 14.1. The van der Waals surface area contributed by atoms with Gasteiger partial charge in [-0.2, -0.15) is 0 Å². The average Bonchev–Trinajstić information content (AvgIpc) is 2.43. The Labute approximate surface area is 111 Å². The third-order valence-corrected chi connectivity index (χ3v) is 3.25. The van der Waals surface area contributed by atoms with Crippen LogP contribution in [0.1, 0.15) is 6.92 Å². The summed E-state index contributed by atoms with van der Waals surface area (Å²) in [6.07, 6.45) is -4.87. The van der Waals surface area contributed by atoms with Crippen molar-refractivity contribution in [3.8, 4) is 5.75 Å². The largest absolute Gasteiger partial charge is 0.497 e. The standard InChI is InChI=1S/C13H19NO5/c1-7-10(15)11(16)12(17)13(19-7)14-8-3-5-9(18-2)6-4-8/h3-7,10-17H,1-2H3/t7-,10-,11+,12+,13+/m1/s1. The van der Waals surface area contributed by atoms with Crippen LogP contribution in [0.3, 0.4) is 0 Å². The Morgan fingerprint density at radius 3 is 2.26 bits per heavy atom. The van der Waals surface area contributed by atoms with E-state index < -0.39 is 30.6 Å². The molecule has 0 spiro atoms. The third kappa shape index (κ3) is 2.98. The number of methoxy groups -OCH3 is 1. The van der Waals surface area contributed by atoms with Crippen molar-refractivity contribution in [1.82, 2.24) is 0 Å². The summed E-state index contributed by atoms with van der Waals surface area (Å²) in [5.41, 5.74) is 0.723. The van der Waals surface area contributed by atoms with Gasteiger partial charge in [-0.05, 0) is 31.2 Å². The van der Waals surface area contributed by atoms with Crippen molar-refractivity contribution >= 4 is 5.69 Å². The van der Waals surface area contributed by atoms with Gasteiger partial charge >= 0.3 is 0 Å². The minimum atomic E-state index is -1.24. The highest BCUT2D eigenvalue weighted by Gasteiger charge is 2.41. The van der Waals surface area contributed by atoms with E-state index in [2.05, 4.69) is 5.32 Å². The minimum absolute atomic E-state index is 0.561. The second-order valence-corrected chi connectivity index (χ2v) is 4.61. The van der Waals surface area contributed by atoms with Crippen molar-refractivity contribution in [2.24, 2.45) is 0 Å². The van der Waals surface area contributed by atoms with E-state index in [4.69, 9.17) is 9.47 Å². The summed E-state index contributed by atoms with van der Waals surface area (Å²) < 4.78 is 10.5. The van der Waals surface area contributed by atoms with Gasteiger partial charge in [-0.1, -0.05) is 0 Å². The molecular weight excluding hydrogens is 250 g/mol. The van der Waals surface area contributed by atoms with Gasteiger partial charge in [0.25, 0.3) is 0 Å². The highest BCUT2D eigenvalue weighted by Crippen LogP contribution is 2.23. The Morgan fingerprint density at radius 1 is 1.05 bits per heavy atom. The van der Waals surface area contributed by atoms with Crippen molar-refractivity contribution in [2.75, 3.05) is 12.4 Å². The Balaban J connectivity index is 2.05. The molecule has 4 N–H and O–H groups in total. The fourth-order valence-corrected chi connectivity index (χ4v) is 2.02. The molecule has 1 aromatic carbocycles. The molecule has 6 nitrogen and oxygen atoms in total. The van der Waals surface area contributed by atoms with Gasteiger partial charge in [0.1, 0.15) is 24.1 Å². The average molecular weight is 269 g/mol. The predicted octanol–water partition coefficient (Wildman–Crippen LogP) is -0.0654. The first-order valence-electron chi connectivity index (χ1n) is 6.13. The van der Waals surface area contributed by atoms with Gasteiger partial charge < -0.3 is 30.1 Å². The monoisotopic (exact) mass is 269 g/mol. The van der Waals surface area contributed by atoms with E-state index in [0.717, 1.165) is 11.4 Å². The number of hydrogen-bond acceptors (Lipinski definition) is 6. The highest BCUT2D eigenvalue weighted by molar-refractivity contribution is 5.47. The number of hydrogen-bond donors (Lipinski definition) is 4. The SMILES string of the molecule is COc1ccc(N[C@H]2O[C@H](C)[C@@H](O)[C@H](O)[C@@H]2O)cc1. The van der Waals surface area contributed by atoms with E-state index in [0.29, 0.717) is 0 Å². The second-order valence-electron chi connectivity index (χ2n) is 4.61. The van der Waals surface area contributed by atoms with E-state index >= 15 is 0 Å². The number of benzene rings is 1. The van der Waals surface area contributed by atoms with Crippen molar-refractivity contribution in [3.05, 3.63) is 24.3 Å². The smallest absolute Gasteiger partial charge is 0.157 e. The van der Waals surface area contributed by atoms with Crippen LogP contribution >= 0.6 is 0 Å². The second kappa shape index (κ2) is 5.75. The summed E-state index contributed by atoms with van der Waals surface area (Å²) in [4.78, 5) is 0. The van der Waals surface area contributed by atoms with Crippen molar-refractivity contribution in [1.29, 1.82) is 0 Å². The Hall–Kier alpha value is -1.34. The summed E-state index contributed by atoms with van der Waals surface area (Å²) in [5, 5.41) is 32.1. The van der Waals surface area contributed by atoms with Crippen LogP contribution in [0.5, 0.6) is 5.75 Å². The molecule has 0 unspecified atom stereocenters. The molecule has 1 aromatic rings. The molecule has 1 fully saturated rings. The molecule has 2 rings (SSSR count). The predicted molar refractivity (Wildman–Crippen MR) is 69.0 cm³/mol. The van der Waals surface area contributed by atoms with Crippen molar-refractivity contribution < 1.29 is 24.8 Å². The van der Waals surface area contributed by atoms with Crippen LogP contribution in [-0.2, 0) is 4.74 Å². The summed E-state index contributed by atoms with van der Waals surface area (Å²) >= 11 is 0. The molecule has 0 saturated carbocycles. The van der Waals surface area contributed by atoms with Gasteiger partial charge in [0, 0.05) is 5.69 Å². The van der Waals surface area contributed by atoms with Crippen molar-refractivity contribution in [3.63, 3.8) is 0 Å². The number of aliphatic hydroxyl groups excluding tert-OH is 3. The summed E-state index contributed by atoms with van der Waals surface area (Å²) in [6.45, 7) is 1.64. The summed E-state index contributed by atoms with van der Waals surface area (Å²) in [7, 11) is 1.58. The fourth-order valence-electron chi connectivity index (χ4n) is 2.02. The van der Waals surface area contributed by atoms with Crippen molar-refractivity contribution in [2.45, 2.75) is 37.6 Å². The highest BCUT2D eigenvalue weighted by atomic mass is 16.5. The maximum atomic E-state index is 9.87. The van der Waals surface area contributed by atoms with E-state index in [1.54, 1.807) is 38.3 Å². The van der Waals surface area contributed by atoms with Gasteiger partial charge in [-0.15, -0.1) is 0 Å². The fraction of sp³-hybridized carbons (Fsp3) is 0.538. The molecule has 6 heteroatoms. The normalized spacial score (nSPS) is 34.9. The van der Waals surface area contributed by atoms with Crippen LogP contribution < -0.4 is 10.1 Å². The van der Waals surface area contributed by atoms with Crippen LogP contribution in [-0.4, -0.2) is 53.1 Å². The van der Waals surface area contributed by atoms with Gasteiger partial charge in [0.05, 0.1) is 13.2 Å². The lowest BCUT2D eigenvalue weighted by atomic mass is 9.99. The zero-order valence-corrected chi connectivity index (χ0v) is 10.9. The quantitative estimate of drug-likeness (QED) is 0.614. The molecule has 0 aliphatic carbocycles. The van der Waals surface area contributed by atoms with Gasteiger partial charge in [-0.3, -0.25) is 0 Å². The number of nitrogens with one attached hydrogen (secondary N) is 1. The van der Waals surface area contributed by atoms with Gasteiger partial charge in [0.2, 0.25) is 0 Å². The summed E-state index contributed by atoms with van der Waals surface area (Å²) in [6, 6.07) is 7.09. The topological polar surface area (TPSA) is 91.2 Å². The Morgan fingerprint density at radius 2 is 1.68 bits per heavy atom. The maximum Gasteiger partial charge on any atom is 0.157 e. The molecule has 5 atom stereocenters. The number of aliphatic hydroxyl groups is 3. The van der Waals surface area contributed by atoms with E-state index in [1.807, 2.05) is 0 Å². The maximum absolute atomic E-state index is 9.87. The number of ether oxygens (including phenoxy) is 2. The molecular formula is C13H19NO5. The molecule has 106 valence electrons. The van der Waals surface area contributed by atoms with E-state index in [1.165, 1.54) is 0 Å². The minimum Gasteiger partial charge on any atom is -0.497 e. The molecule has 1 saturated heterocycles. The van der Waals surface area contributed by atoms with E-state index in [-0.39, 0.29) is 0 Å². The molecule has 0 aromatic heterocycles. The van der Waals surface area contributed by atoms with Crippen LogP contribution in [0.15, 0.2) is 24.3 Å². The zero-order chi connectivity index (χ0) is 14.0. The molecule has 1 heterocycles. The third-order valence-electron chi connectivity index (χ3n) is 3.25. The first-order valence-corrected chi connectivity index (χ1v) is 6.13. The van der Waals surface area contributed by atoms with Gasteiger partial charge in [0.15, 0.2) is 6.23 Å². The Kier molecular flexibility index (Phi) is 4.26. The lowest BCUT2D eigenvalue weighted by Crippen LogP contribution is -2.58. The van der Waals surface area contributed by atoms with E-state index in [9.17, 15) is 15.3 Å². The van der Waals surface area contributed by atoms with Crippen LogP contribution in [0, 0.1) is 0 Å².